The highest BCUT2D eigenvalue weighted by molar-refractivity contribution is 5.69. The van der Waals surface area contributed by atoms with Crippen LogP contribution in [-0.4, -0.2) is 24.2 Å². The highest BCUT2D eigenvalue weighted by atomic mass is 16.5. The molecule has 0 aliphatic rings. The Bertz CT molecular complexity index is 539. The molecule has 2 rings (SSSR count). The van der Waals surface area contributed by atoms with Crippen molar-refractivity contribution in [2.45, 2.75) is 0 Å². The second-order valence-electron chi connectivity index (χ2n) is 3.58. The van der Waals surface area contributed by atoms with E-state index in [2.05, 4.69) is 9.97 Å². The van der Waals surface area contributed by atoms with Crippen molar-refractivity contribution in [1.29, 1.82) is 0 Å². The van der Waals surface area contributed by atoms with E-state index in [-0.39, 0.29) is 0 Å². The first-order chi connectivity index (χ1) is 8.83. The first-order valence-electron chi connectivity index (χ1n) is 5.49. The van der Waals surface area contributed by atoms with Crippen molar-refractivity contribution in [3.8, 4) is 11.5 Å². The first kappa shape index (κ1) is 12.1. The topological polar surface area (TPSA) is 44.2 Å². The lowest BCUT2D eigenvalue weighted by Gasteiger charge is -2.07. The van der Waals surface area contributed by atoms with Gasteiger partial charge in [-0.2, -0.15) is 0 Å². The number of benzene rings is 1. The Morgan fingerprint density at radius 3 is 2.50 bits per heavy atom. The largest absolute Gasteiger partial charge is 0.493 e. The average molecular weight is 242 g/mol. The summed E-state index contributed by atoms with van der Waals surface area (Å²) in [5, 5.41) is 0. The normalized spacial score (nSPS) is 10.6. The molecule has 1 aromatic heterocycles. The van der Waals surface area contributed by atoms with Gasteiger partial charge in [-0.25, -0.2) is 0 Å². The zero-order valence-electron chi connectivity index (χ0n) is 10.3. The van der Waals surface area contributed by atoms with Gasteiger partial charge >= 0.3 is 0 Å². The van der Waals surface area contributed by atoms with Gasteiger partial charge in [0.15, 0.2) is 11.5 Å². The van der Waals surface area contributed by atoms with Crippen LogP contribution in [0.5, 0.6) is 11.5 Å². The number of ether oxygens (including phenoxy) is 2. The number of hydrogen-bond acceptors (Lipinski definition) is 4. The van der Waals surface area contributed by atoms with E-state index in [0.29, 0.717) is 11.5 Å². The van der Waals surface area contributed by atoms with Crippen LogP contribution < -0.4 is 9.47 Å². The lowest BCUT2D eigenvalue weighted by molar-refractivity contribution is 0.355. The monoisotopic (exact) mass is 242 g/mol. The van der Waals surface area contributed by atoms with Crippen molar-refractivity contribution in [1.82, 2.24) is 9.97 Å². The lowest BCUT2D eigenvalue weighted by atomic mass is 10.2. The molecule has 0 amide bonds. The quantitative estimate of drug-likeness (QED) is 0.826. The van der Waals surface area contributed by atoms with Crippen LogP contribution in [0.3, 0.4) is 0 Å². The maximum absolute atomic E-state index is 5.24. The van der Waals surface area contributed by atoms with Gasteiger partial charge in [0.2, 0.25) is 0 Å². The van der Waals surface area contributed by atoms with E-state index < -0.39 is 0 Å². The third-order valence-corrected chi connectivity index (χ3v) is 2.44. The number of aromatic nitrogens is 2. The molecular formula is C14H14N2O2. The van der Waals surface area contributed by atoms with Crippen LogP contribution in [0.2, 0.25) is 0 Å². The summed E-state index contributed by atoms with van der Waals surface area (Å²) in [6.45, 7) is 0. The smallest absolute Gasteiger partial charge is 0.161 e. The fourth-order valence-corrected chi connectivity index (χ4v) is 1.53. The van der Waals surface area contributed by atoms with Crippen LogP contribution in [-0.2, 0) is 0 Å². The van der Waals surface area contributed by atoms with Crippen LogP contribution in [0.25, 0.3) is 12.2 Å². The molecule has 0 aliphatic carbocycles. The van der Waals surface area contributed by atoms with E-state index in [1.165, 1.54) is 0 Å². The van der Waals surface area contributed by atoms with Crippen LogP contribution in [0, 0.1) is 0 Å². The molecule has 0 unspecified atom stereocenters. The summed E-state index contributed by atoms with van der Waals surface area (Å²) in [5.41, 5.74) is 1.82. The van der Waals surface area contributed by atoms with E-state index >= 15 is 0 Å². The fourth-order valence-electron chi connectivity index (χ4n) is 1.53. The molecule has 0 radical (unpaired) electrons. The van der Waals surface area contributed by atoms with Gasteiger partial charge in [-0.1, -0.05) is 12.1 Å². The van der Waals surface area contributed by atoms with Gasteiger partial charge < -0.3 is 9.47 Å². The maximum Gasteiger partial charge on any atom is 0.161 e. The molecule has 0 saturated carbocycles. The molecule has 0 N–H and O–H groups in total. The van der Waals surface area contributed by atoms with Crippen LogP contribution in [0.15, 0.2) is 36.8 Å². The first-order valence-corrected chi connectivity index (χ1v) is 5.49. The van der Waals surface area contributed by atoms with Gasteiger partial charge in [0.1, 0.15) is 0 Å². The highest BCUT2D eigenvalue weighted by Crippen LogP contribution is 2.28. The summed E-state index contributed by atoms with van der Waals surface area (Å²) < 4.78 is 10.4. The van der Waals surface area contributed by atoms with E-state index in [4.69, 9.17) is 9.47 Å². The van der Waals surface area contributed by atoms with Gasteiger partial charge in [0.05, 0.1) is 26.1 Å². The predicted molar refractivity (Wildman–Crippen MR) is 70.5 cm³/mol. The van der Waals surface area contributed by atoms with Crippen LogP contribution >= 0.6 is 0 Å². The molecule has 4 nitrogen and oxygen atoms in total. The molecule has 0 spiro atoms. The molecule has 1 aromatic carbocycles. The number of nitrogens with zero attached hydrogens (tertiary/aromatic N) is 2. The summed E-state index contributed by atoms with van der Waals surface area (Å²) in [6.07, 6.45) is 8.86. The van der Waals surface area contributed by atoms with E-state index in [1.807, 2.05) is 30.4 Å². The van der Waals surface area contributed by atoms with Crippen molar-refractivity contribution < 1.29 is 9.47 Å². The Morgan fingerprint density at radius 1 is 1.00 bits per heavy atom. The zero-order chi connectivity index (χ0) is 12.8. The molecule has 2 aromatic rings. The summed E-state index contributed by atoms with van der Waals surface area (Å²) in [5.74, 6) is 1.42. The Kier molecular flexibility index (Phi) is 3.91. The van der Waals surface area contributed by atoms with Crippen LogP contribution in [0.4, 0.5) is 0 Å². The standard InChI is InChI=1S/C14H14N2O2/c1-17-13-6-4-11(9-14(13)18-2)3-5-12-10-15-7-8-16-12/h3-10H,1-2H3. The Balaban J connectivity index is 2.22. The number of hydrogen-bond donors (Lipinski definition) is 0. The molecule has 1 heterocycles. The van der Waals surface area contributed by atoms with Gasteiger partial charge in [0, 0.05) is 12.4 Å². The molecule has 92 valence electrons. The van der Waals surface area contributed by atoms with Gasteiger partial charge in [0.25, 0.3) is 0 Å². The van der Waals surface area contributed by atoms with Gasteiger partial charge in [-0.15, -0.1) is 0 Å². The minimum absolute atomic E-state index is 0.707. The molecule has 0 bridgehead atoms. The molecule has 0 saturated heterocycles. The van der Waals surface area contributed by atoms with Crippen molar-refractivity contribution in [2.24, 2.45) is 0 Å². The third kappa shape index (κ3) is 2.85. The Hall–Kier alpha value is -2.36. The van der Waals surface area contributed by atoms with E-state index in [9.17, 15) is 0 Å². The van der Waals surface area contributed by atoms with Gasteiger partial charge in [-0.3, -0.25) is 9.97 Å². The minimum Gasteiger partial charge on any atom is -0.493 e. The van der Waals surface area contributed by atoms with Gasteiger partial charge in [-0.05, 0) is 23.8 Å². The molecule has 0 atom stereocenters. The number of rotatable bonds is 4. The number of methoxy groups -OCH3 is 2. The Morgan fingerprint density at radius 2 is 1.83 bits per heavy atom. The third-order valence-electron chi connectivity index (χ3n) is 2.44. The lowest BCUT2D eigenvalue weighted by Crippen LogP contribution is -1.90. The fraction of sp³-hybridized carbons (Fsp3) is 0.143. The summed E-state index contributed by atoms with van der Waals surface area (Å²) in [7, 11) is 3.24. The SMILES string of the molecule is COc1ccc(C=Cc2cnccn2)cc1OC. The van der Waals surface area contributed by atoms with Crippen molar-refractivity contribution in [3.05, 3.63) is 48.0 Å². The van der Waals surface area contributed by atoms with E-state index in [1.54, 1.807) is 32.8 Å². The summed E-state index contributed by atoms with van der Waals surface area (Å²) in [4.78, 5) is 8.16. The second kappa shape index (κ2) is 5.82. The highest BCUT2D eigenvalue weighted by Gasteiger charge is 2.02. The average Bonchev–Trinajstić information content (AvgIpc) is 2.45. The van der Waals surface area contributed by atoms with E-state index in [0.717, 1.165) is 11.3 Å². The summed E-state index contributed by atoms with van der Waals surface area (Å²) >= 11 is 0. The summed E-state index contributed by atoms with van der Waals surface area (Å²) in [6, 6.07) is 5.73. The second-order valence-corrected chi connectivity index (χ2v) is 3.58. The molecule has 0 fully saturated rings. The molecule has 4 heteroatoms. The molecular weight excluding hydrogens is 228 g/mol. The Labute approximate surface area is 106 Å². The minimum atomic E-state index is 0.707. The zero-order valence-corrected chi connectivity index (χ0v) is 10.3. The van der Waals surface area contributed by atoms with Crippen molar-refractivity contribution in [3.63, 3.8) is 0 Å². The molecule has 18 heavy (non-hydrogen) atoms. The predicted octanol–water partition coefficient (Wildman–Crippen LogP) is 2.66. The van der Waals surface area contributed by atoms with Crippen molar-refractivity contribution in [2.75, 3.05) is 14.2 Å². The van der Waals surface area contributed by atoms with Crippen molar-refractivity contribution >= 4 is 12.2 Å². The maximum atomic E-state index is 5.24. The molecule has 0 aliphatic heterocycles. The van der Waals surface area contributed by atoms with Crippen LogP contribution in [0.1, 0.15) is 11.3 Å².